The number of para-hydroxylation sites is 2. The van der Waals surface area contributed by atoms with Gasteiger partial charge in [-0.15, -0.1) is 0 Å². The van der Waals surface area contributed by atoms with Gasteiger partial charge in [-0.3, -0.25) is 0 Å². The predicted molar refractivity (Wildman–Crippen MR) is 147 cm³/mol. The standard InChI is InChI=1S/C32H24N2O2/c35-19-21-12-14-31-27(16-21)28-17-22(20-36)13-15-32(28)34(31)24-7-5-6-23(18-24)33-29-10-3-1-8-25(29)26-9-2-4-11-30(26)33/h1-18,35-36H,19-20H2. The van der Waals surface area contributed by atoms with E-state index in [0.29, 0.717) is 0 Å². The molecule has 0 unspecified atom stereocenters. The molecule has 0 aliphatic heterocycles. The van der Waals surface area contributed by atoms with Gasteiger partial charge in [-0.2, -0.15) is 0 Å². The van der Waals surface area contributed by atoms with Crippen molar-refractivity contribution in [3.8, 4) is 11.4 Å². The van der Waals surface area contributed by atoms with E-state index < -0.39 is 0 Å². The van der Waals surface area contributed by atoms with Crippen LogP contribution in [-0.2, 0) is 13.2 Å². The fourth-order valence-electron chi connectivity index (χ4n) is 5.56. The molecule has 0 spiro atoms. The van der Waals surface area contributed by atoms with Crippen molar-refractivity contribution < 1.29 is 10.2 Å². The van der Waals surface area contributed by atoms with Gasteiger partial charge in [0.2, 0.25) is 0 Å². The second-order valence-corrected chi connectivity index (χ2v) is 9.24. The van der Waals surface area contributed by atoms with E-state index in [1.165, 1.54) is 21.8 Å². The molecule has 0 aliphatic carbocycles. The molecule has 0 saturated carbocycles. The molecule has 5 aromatic carbocycles. The molecule has 7 rings (SSSR count). The highest BCUT2D eigenvalue weighted by atomic mass is 16.3. The minimum atomic E-state index is -0.00837. The molecular formula is C32H24N2O2. The summed E-state index contributed by atoms with van der Waals surface area (Å²) in [6.45, 7) is -0.0167. The lowest BCUT2D eigenvalue weighted by molar-refractivity contribution is 0.281. The number of hydrogen-bond acceptors (Lipinski definition) is 2. The quantitative estimate of drug-likeness (QED) is 0.296. The van der Waals surface area contributed by atoms with Crippen molar-refractivity contribution in [3.63, 3.8) is 0 Å². The molecular weight excluding hydrogens is 444 g/mol. The van der Waals surface area contributed by atoms with Crippen LogP contribution in [0.3, 0.4) is 0 Å². The zero-order chi connectivity index (χ0) is 24.2. The van der Waals surface area contributed by atoms with Crippen molar-refractivity contribution in [3.05, 3.63) is 120 Å². The highest BCUT2D eigenvalue weighted by molar-refractivity contribution is 6.10. The van der Waals surface area contributed by atoms with Crippen LogP contribution in [0.2, 0.25) is 0 Å². The molecule has 0 radical (unpaired) electrons. The van der Waals surface area contributed by atoms with Crippen molar-refractivity contribution in [2.75, 3.05) is 0 Å². The maximum atomic E-state index is 9.76. The Balaban J connectivity index is 1.53. The first-order valence-electron chi connectivity index (χ1n) is 12.1. The van der Waals surface area contributed by atoms with Gasteiger partial charge in [0, 0.05) is 32.9 Å². The van der Waals surface area contributed by atoms with E-state index in [-0.39, 0.29) is 13.2 Å². The third-order valence-corrected chi connectivity index (χ3v) is 7.19. The van der Waals surface area contributed by atoms with Gasteiger partial charge in [0.05, 0.1) is 35.3 Å². The first kappa shape index (κ1) is 20.9. The Hall–Kier alpha value is -4.38. The van der Waals surface area contributed by atoms with Gasteiger partial charge in [0.15, 0.2) is 0 Å². The molecule has 2 heterocycles. The Bertz CT molecular complexity index is 1810. The Kier molecular flexibility index (Phi) is 4.71. The Morgan fingerprint density at radius 3 is 1.33 bits per heavy atom. The van der Waals surface area contributed by atoms with E-state index in [0.717, 1.165) is 44.3 Å². The van der Waals surface area contributed by atoms with Crippen LogP contribution >= 0.6 is 0 Å². The average Bonchev–Trinajstić information content (AvgIpc) is 3.45. The van der Waals surface area contributed by atoms with Gasteiger partial charge in [0.25, 0.3) is 0 Å². The molecule has 7 aromatic rings. The van der Waals surface area contributed by atoms with Crippen LogP contribution in [0.1, 0.15) is 11.1 Å². The lowest BCUT2D eigenvalue weighted by atomic mass is 10.1. The number of rotatable bonds is 4. The lowest BCUT2D eigenvalue weighted by Crippen LogP contribution is -1.98. The summed E-state index contributed by atoms with van der Waals surface area (Å²) in [6, 6.07) is 37.9. The molecule has 0 atom stereocenters. The van der Waals surface area contributed by atoms with Crippen LogP contribution in [0, 0.1) is 0 Å². The third-order valence-electron chi connectivity index (χ3n) is 7.19. The molecule has 0 aliphatic rings. The normalized spacial score (nSPS) is 11.8. The summed E-state index contributed by atoms with van der Waals surface area (Å²) in [4.78, 5) is 0. The van der Waals surface area contributed by atoms with E-state index in [4.69, 9.17) is 0 Å². The number of benzene rings is 5. The maximum absolute atomic E-state index is 9.76. The zero-order valence-electron chi connectivity index (χ0n) is 19.6. The summed E-state index contributed by atoms with van der Waals surface area (Å²) >= 11 is 0. The highest BCUT2D eigenvalue weighted by Gasteiger charge is 2.16. The molecule has 0 saturated heterocycles. The lowest BCUT2D eigenvalue weighted by Gasteiger charge is -2.13. The second kappa shape index (κ2) is 8.09. The van der Waals surface area contributed by atoms with Crippen molar-refractivity contribution in [1.82, 2.24) is 9.13 Å². The summed E-state index contributed by atoms with van der Waals surface area (Å²) in [5, 5.41) is 24.1. The van der Waals surface area contributed by atoms with Gasteiger partial charge in [-0.05, 0) is 65.7 Å². The monoisotopic (exact) mass is 468 g/mol. The van der Waals surface area contributed by atoms with Crippen LogP contribution in [0.15, 0.2) is 109 Å². The topological polar surface area (TPSA) is 50.3 Å². The molecule has 2 aromatic heterocycles. The van der Waals surface area contributed by atoms with E-state index in [2.05, 4.69) is 94.1 Å². The first-order chi connectivity index (χ1) is 17.8. The number of aliphatic hydroxyl groups is 2. The molecule has 174 valence electrons. The minimum Gasteiger partial charge on any atom is -0.392 e. The van der Waals surface area contributed by atoms with E-state index in [9.17, 15) is 10.2 Å². The smallest absolute Gasteiger partial charge is 0.0682 e. The minimum absolute atomic E-state index is 0.00837. The summed E-state index contributed by atoms with van der Waals surface area (Å²) < 4.78 is 4.60. The summed E-state index contributed by atoms with van der Waals surface area (Å²) in [5.74, 6) is 0. The molecule has 0 fully saturated rings. The van der Waals surface area contributed by atoms with Crippen LogP contribution in [-0.4, -0.2) is 19.3 Å². The molecule has 0 bridgehead atoms. The largest absolute Gasteiger partial charge is 0.392 e. The van der Waals surface area contributed by atoms with Gasteiger partial charge in [0.1, 0.15) is 0 Å². The number of nitrogens with zero attached hydrogens (tertiary/aromatic N) is 2. The number of hydrogen-bond donors (Lipinski definition) is 2. The van der Waals surface area contributed by atoms with E-state index >= 15 is 0 Å². The molecule has 36 heavy (non-hydrogen) atoms. The fourth-order valence-corrected chi connectivity index (χ4v) is 5.56. The van der Waals surface area contributed by atoms with Gasteiger partial charge in [-0.1, -0.05) is 54.6 Å². The van der Waals surface area contributed by atoms with Gasteiger partial charge >= 0.3 is 0 Å². The highest BCUT2D eigenvalue weighted by Crippen LogP contribution is 2.36. The van der Waals surface area contributed by atoms with Crippen molar-refractivity contribution >= 4 is 43.6 Å². The number of fused-ring (bicyclic) bond motifs is 6. The fraction of sp³-hybridized carbons (Fsp3) is 0.0625. The zero-order valence-corrected chi connectivity index (χ0v) is 19.6. The SMILES string of the molecule is OCc1ccc2c(c1)c1cc(CO)ccc1n2-c1cccc(-n2c3ccccc3c3ccccc32)c1. The summed E-state index contributed by atoms with van der Waals surface area (Å²) in [5.41, 5.74) is 8.39. The second-order valence-electron chi connectivity index (χ2n) is 9.24. The Morgan fingerprint density at radius 2 is 0.861 bits per heavy atom. The van der Waals surface area contributed by atoms with E-state index in [1.54, 1.807) is 0 Å². The predicted octanol–water partition coefficient (Wildman–Crippen LogP) is 6.87. The van der Waals surface area contributed by atoms with Crippen LogP contribution in [0.25, 0.3) is 55.0 Å². The van der Waals surface area contributed by atoms with Gasteiger partial charge in [-0.25, -0.2) is 0 Å². The van der Waals surface area contributed by atoms with Crippen LogP contribution < -0.4 is 0 Å². The van der Waals surface area contributed by atoms with Crippen molar-refractivity contribution in [1.29, 1.82) is 0 Å². The number of aliphatic hydroxyl groups excluding tert-OH is 2. The van der Waals surface area contributed by atoms with Crippen LogP contribution in [0.5, 0.6) is 0 Å². The molecule has 0 amide bonds. The third kappa shape index (κ3) is 3.02. The van der Waals surface area contributed by atoms with Gasteiger partial charge < -0.3 is 19.3 Å². The molecule has 4 nitrogen and oxygen atoms in total. The van der Waals surface area contributed by atoms with Crippen LogP contribution in [0.4, 0.5) is 0 Å². The maximum Gasteiger partial charge on any atom is 0.0682 e. The average molecular weight is 469 g/mol. The van der Waals surface area contributed by atoms with Crippen molar-refractivity contribution in [2.45, 2.75) is 13.2 Å². The van der Waals surface area contributed by atoms with Crippen molar-refractivity contribution in [2.24, 2.45) is 0 Å². The Morgan fingerprint density at radius 1 is 0.417 bits per heavy atom. The number of aromatic nitrogens is 2. The molecule has 2 N–H and O–H groups in total. The van der Waals surface area contributed by atoms with E-state index in [1.807, 2.05) is 24.3 Å². The Labute approximate surface area is 207 Å². The summed E-state index contributed by atoms with van der Waals surface area (Å²) in [6.07, 6.45) is 0. The first-order valence-corrected chi connectivity index (χ1v) is 12.1. The molecule has 4 heteroatoms. The summed E-state index contributed by atoms with van der Waals surface area (Å²) in [7, 11) is 0.